The van der Waals surface area contributed by atoms with Crippen LogP contribution in [0.3, 0.4) is 0 Å². The molecule has 0 unspecified atom stereocenters. The van der Waals surface area contributed by atoms with Crippen LogP contribution in [-0.2, 0) is 0 Å². The van der Waals surface area contributed by atoms with E-state index in [1.54, 1.807) is 0 Å². The van der Waals surface area contributed by atoms with Gasteiger partial charge in [-0.05, 0) is 39.2 Å². The minimum atomic E-state index is 0.351. The van der Waals surface area contributed by atoms with Gasteiger partial charge in [-0.3, -0.25) is 0 Å². The van der Waals surface area contributed by atoms with Crippen LogP contribution in [0.1, 0.15) is 72.1 Å². The van der Waals surface area contributed by atoms with Crippen LogP contribution in [0.15, 0.2) is 0 Å². The van der Waals surface area contributed by atoms with E-state index in [9.17, 15) is 0 Å². The van der Waals surface area contributed by atoms with Gasteiger partial charge in [0, 0.05) is 5.54 Å². The van der Waals surface area contributed by atoms with E-state index in [0.717, 1.165) is 5.92 Å². The molecule has 0 atom stereocenters. The second-order valence-electron chi connectivity index (χ2n) is 5.85. The lowest BCUT2D eigenvalue weighted by molar-refractivity contribution is 0.300. The van der Waals surface area contributed by atoms with Crippen LogP contribution in [0.5, 0.6) is 0 Å². The van der Waals surface area contributed by atoms with Crippen molar-refractivity contribution in [3.05, 3.63) is 0 Å². The van der Waals surface area contributed by atoms with Crippen molar-refractivity contribution in [2.24, 2.45) is 5.92 Å². The van der Waals surface area contributed by atoms with Crippen LogP contribution >= 0.6 is 0 Å². The van der Waals surface area contributed by atoms with Crippen molar-refractivity contribution in [1.82, 2.24) is 5.32 Å². The van der Waals surface area contributed by atoms with E-state index in [1.807, 2.05) is 0 Å². The van der Waals surface area contributed by atoms with Gasteiger partial charge < -0.3 is 5.32 Å². The highest BCUT2D eigenvalue weighted by atomic mass is 14.9. The van der Waals surface area contributed by atoms with Crippen LogP contribution in [0.2, 0.25) is 0 Å². The molecule has 0 bridgehead atoms. The van der Waals surface area contributed by atoms with Crippen molar-refractivity contribution in [2.75, 3.05) is 6.54 Å². The molecule has 0 amide bonds. The first-order chi connectivity index (χ1) is 7.14. The monoisotopic (exact) mass is 211 g/mol. The van der Waals surface area contributed by atoms with E-state index in [0.29, 0.717) is 5.54 Å². The second-order valence-corrected chi connectivity index (χ2v) is 5.85. The second kappa shape index (κ2) is 6.52. The van der Waals surface area contributed by atoms with Crippen molar-refractivity contribution in [2.45, 2.75) is 77.7 Å². The fraction of sp³-hybridized carbons (Fsp3) is 1.00. The van der Waals surface area contributed by atoms with E-state index in [1.165, 1.54) is 57.9 Å². The van der Waals surface area contributed by atoms with Crippen molar-refractivity contribution >= 4 is 0 Å². The summed E-state index contributed by atoms with van der Waals surface area (Å²) in [7, 11) is 0. The van der Waals surface area contributed by atoms with Gasteiger partial charge in [0.1, 0.15) is 0 Å². The Kier molecular flexibility index (Phi) is 5.66. The molecular formula is C14H29N. The molecule has 1 aliphatic carbocycles. The van der Waals surface area contributed by atoms with Gasteiger partial charge >= 0.3 is 0 Å². The molecule has 15 heavy (non-hydrogen) atoms. The zero-order chi connectivity index (χ0) is 11.1. The fourth-order valence-corrected chi connectivity index (χ4v) is 2.80. The van der Waals surface area contributed by atoms with E-state index < -0.39 is 0 Å². The summed E-state index contributed by atoms with van der Waals surface area (Å²) in [6, 6.07) is 0. The fourth-order valence-electron chi connectivity index (χ4n) is 2.80. The molecule has 0 radical (unpaired) electrons. The highest BCUT2D eigenvalue weighted by Crippen LogP contribution is 2.26. The van der Waals surface area contributed by atoms with Gasteiger partial charge in [0.25, 0.3) is 0 Å². The van der Waals surface area contributed by atoms with Gasteiger partial charge in [0.05, 0.1) is 0 Å². The van der Waals surface area contributed by atoms with Gasteiger partial charge in [0.15, 0.2) is 0 Å². The van der Waals surface area contributed by atoms with Crippen molar-refractivity contribution in [3.63, 3.8) is 0 Å². The van der Waals surface area contributed by atoms with E-state index in [-0.39, 0.29) is 0 Å². The van der Waals surface area contributed by atoms with E-state index in [4.69, 9.17) is 0 Å². The molecule has 1 saturated carbocycles. The summed E-state index contributed by atoms with van der Waals surface area (Å²) in [6.07, 6.45) is 11.4. The quantitative estimate of drug-likeness (QED) is 0.696. The number of hydrogen-bond donors (Lipinski definition) is 1. The molecule has 0 heterocycles. The third kappa shape index (κ3) is 5.55. The summed E-state index contributed by atoms with van der Waals surface area (Å²) in [5.41, 5.74) is 0.351. The Labute approximate surface area is 96.0 Å². The first-order valence-corrected chi connectivity index (χ1v) is 6.89. The Bertz CT molecular complexity index is 157. The van der Waals surface area contributed by atoms with E-state index >= 15 is 0 Å². The van der Waals surface area contributed by atoms with E-state index in [2.05, 4.69) is 26.1 Å². The zero-order valence-corrected chi connectivity index (χ0v) is 10.9. The van der Waals surface area contributed by atoms with Gasteiger partial charge in [0.2, 0.25) is 0 Å². The molecule has 1 N–H and O–H groups in total. The van der Waals surface area contributed by atoms with Crippen LogP contribution in [-0.4, -0.2) is 12.1 Å². The first kappa shape index (κ1) is 13.0. The maximum atomic E-state index is 3.71. The summed E-state index contributed by atoms with van der Waals surface area (Å²) < 4.78 is 0. The smallest absolute Gasteiger partial charge is 0.0125 e. The van der Waals surface area contributed by atoms with Gasteiger partial charge in [-0.25, -0.2) is 0 Å². The topological polar surface area (TPSA) is 12.0 Å². The Morgan fingerprint density at radius 3 is 2.40 bits per heavy atom. The molecular weight excluding hydrogens is 182 g/mol. The average Bonchev–Trinajstić information content (AvgIpc) is 2.19. The molecule has 0 saturated heterocycles. The number of hydrogen-bond acceptors (Lipinski definition) is 1. The third-order valence-corrected chi connectivity index (χ3v) is 3.76. The molecule has 0 aromatic rings. The molecule has 1 aliphatic rings. The predicted molar refractivity (Wildman–Crippen MR) is 68.2 cm³/mol. The van der Waals surface area contributed by atoms with Gasteiger partial charge in [-0.15, -0.1) is 0 Å². The third-order valence-electron chi connectivity index (χ3n) is 3.76. The molecule has 1 fully saturated rings. The Morgan fingerprint density at radius 1 is 1.13 bits per heavy atom. The largest absolute Gasteiger partial charge is 0.312 e. The predicted octanol–water partition coefficient (Wildman–Crippen LogP) is 4.13. The lowest BCUT2D eigenvalue weighted by atomic mass is 9.87. The standard InChI is InChI=1S/C14H29N/c1-4-11-14(2,3)15-12-10-13-8-6-5-7-9-13/h13,15H,4-12H2,1-3H3. The van der Waals surface area contributed by atoms with Crippen molar-refractivity contribution < 1.29 is 0 Å². The first-order valence-electron chi connectivity index (χ1n) is 6.89. The molecule has 0 aromatic carbocycles. The average molecular weight is 211 g/mol. The minimum absolute atomic E-state index is 0.351. The molecule has 90 valence electrons. The maximum Gasteiger partial charge on any atom is 0.0125 e. The molecule has 1 heteroatoms. The zero-order valence-electron chi connectivity index (χ0n) is 10.9. The van der Waals surface area contributed by atoms with Crippen molar-refractivity contribution in [1.29, 1.82) is 0 Å². The summed E-state index contributed by atoms with van der Waals surface area (Å²) in [4.78, 5) is 0. The summed E-state index contributed by atoms with van der Waals surface area (Å²) in [6.45, 7) is 8.15. The number of nitrogens with one attached hydrogen (secondary N) is 1. The molecule has 0 spiro atoms. The molecule has 1 nitrogen and oxygen atoms in total. The Balaban J connectivity index is 2.09. The SMILES string of the molecule is CCCC(C)(C)NCCC1CCCCC1. The Hall–Kier alpha value is -0.0400. The summed E-state index contributed by atoms with van der Waals surface area (Å²) in [5.74, 6) is 1.02. The highest BCUT2D eigenvalue weighted by molar-refractivity contribution is 4.77. The van der Waals surface area contributed by atoms with Crippen LogP contribution < -0.4 is 5.32 Å². The number of rotatable bonds is 6. The van der Waals surface area contributed by atoms with Crippen LogP contribution in [0.25, 0.3) is 0 Å². The molecule has 1 rings (SSSR count). The van der Waals surface area contributed by atoms with Crippen molar-refractivity contribution in [3.8, 4) is 0 Å². The normalized spacial score (nSPS) is 19.4. The molecule has 0 aliphatic heterocycles. The Morgan fingerprint density at radius 2 is 1.80 bits per heavy atom. The van der Waals surface area contributed by atoms with Crippen LogP contribution in [0, 0.1) is 5.92 Å². The lowest BCUT2D eigenvalue weighted by Gasteiger charge is -2.28. The summed E-state index contributed by atoms with van der Waals surface area (Å²) >= 11 is 0. The van der Waals surface area contributed by atoms with Gasteiger partial charge in [-0.1, -0.05) is 45.4 Å². The summed E-state index contributed by atoms with van der Waals surface area (Å²) in [5, 5.41) is 3.71. The lowest BCUT2D eigenvalue weighted by Crippen LogP contribution is -2.40. The maximum absolute atomic E-state index is 3.71. The van der Waals surface area contributed by atoms with Crippen LogP contribution in [0.4, 0.5) is 0 Å². The highest BCUT2D eigenvalue weighted by Gasteiger charge is 2.17. The van der Waals surface area contributed by atoms with Gasteiger partial charge in [-0.2, -0.15) is 0 Å². The minimum Gasteiger partial charge on any atom is -0.312 e. The molecule has 0 aromatic heterocycles.